The van der Waals surface area contributed by atoms with Crippen molar-refractivity contribution in [1.29, 1.82) is 0 Å². The molecule has 0 saturated carbocycles. The molecule has 0 aliphatic heterocycles. The van der Waals surface area contributed by atoms with E-state index in [0.717, 1.165) is 27.9 Å². The summed E-state index contributed by atoms with van der Waals surface area (Å²) < 4.78 is 0. The second-order valence-electron chi connectivity index (χ2n) is 4.23. The van der Waals surface area contributed by atoms with Crippen LogP contribution in [0.25, 0.3) is 10.4 Å². The van der Waals surface area contributed by atoms with Gasteiger partial charge in [-0.05, 0) is 12.5 Å². The molecule has 0 radical (unpaired) electrons. The van der Waals surface area contributed by atoms with Gasteiger partial charge >= 0.3 is 5.97 Å². The fourth-order valence-corrected chi connectivity index (χ4v) is 3.22. The highest BCUT2D eigenvalue weighted by Gasteiger charge is 2.12. The van der Waals surface area contributed by atoms with Gasteiger partial charge in [-0.15, -0.1) is 11.8 Å². The fraction of sp³-hybridized carbons (Fsp3) is 0.214. The SMILES string of the molecule is Cc1nc(NC(=O)CSCC(=O)O)sc1-c1ccccc1. The molecule has 2 rings (SSSR count). The molecule has 5 nitrogen and oxygen atoms in total. The third-order valence-electron chi connectivity index (χ3n) is 2.54. The number of rotatable bonds is 6. The molecule has 0 spiro atoms. The first-order chi connectivity index (χ1) is 10.1. The topological polar surface area (TPSA) is 79.3 Å². The molecule has 0 saturated heterocycles. The van der Waals surface area contributed by atoms with Crippen LogP contribution >= 0.6 is 23.1 Å². The predicted molar refractivity (Wildman–Crippen MR) is 85.9 cm³/mol. The van der Waals surface area contributed by atoms with Gasteiger partial charge in [0, 0.05) is 0 Å². The fourth-order valence-electron chi connectivity index (χ4n) is 1.69. The summed E-state index contributed by atoms with van der Waals surface area (Å²) in [6.07, 6.45) is 0. The minimum absolute atomic E-state index is 0.0837. The second-order valence-corrected chi connectivity index (χ2v) is 6.22. The summed E-state index contributed by atoms with van der Waals surface area (Å²) in [5.74, 6) is -1.15. The highest BCUT2D eigenvalue weighted by Crippen LogP contribution is 2.32. The molecule has 0 aliphatic carbocycles. The molecule has 0 unspecified atom stereocenters. The van der Waals surface area contributed by atoms with Crippen LogP contribution in [0.15, 0.2) is 30.3 Å². The molecule has 1 amide bonds. The van der Waals surface area contributed by atoms with E-state index in [4.69, 9.17) is 5.11 Å². The molecular formula is C14H14N2O3S2. The maximum absolute atomic E-state index is 11.7. The molecule has 1 aromatic heterocycles. The largest absolute Gasteiger partial charge is 0.481 e. The summed E-state index contributed by atoms with van der Waals surface area (Å²) in [4.78, 5) is 27.4. The zero-order valence-corrected chi connectivity index (χ0v) is 13.0. The van der Waals surface area contributed by atoms with Crippen molar-refractivity contribution in [3.63, 3.8) is 0 Å². The molecule has 0 bridgehead atoms. The van der Waals surface area contributed by atoms with Gasteiger partial charge in [0.15, 0.2) is 5.13 Å². The van der Waals surface area contributed by atoms with Crippen molar-refractivity contribution < 1.29 is 14.7 Å². The van der Waals surface area contributed by atoms with Gasteiger partial charge in [-0.3, -0.25) is 9.59 Å². The number of nitrogens with zero attached hydrogens (tertiary/aromatic N) is 1. The maximum Gasteiger partial charge on any atom is 0.313 e. The summed E-state index contributed by atoms with van der Waals surface area (Å²) in [5, 5.41) is 11.8. The number of amides is 1. The number of thioether (sulfide) groups is 1. The number of hydrogen-bond donors (Lipinski definition) is 2. The van der Waals surface area contributed by atoms with Gasteiger partial charge < -0.3 is 10.4 Å². The Morgan fingerprint density at radius 3 is 2.67 bits per heavy atom. The van der Waals surface area contributed by atoms with Crippen LogP contribution in [0.3, 0.4) is 0 Å². The lowest BCUT2D eigenvalue weighted by molar-refractivity contribution is -0.133. The van der Waals surface area contributed by atoms with E-state index in [1.165, 1.54) is 11.3 Å². The Balaban J connectivity index is 1.99. The van der Waals surface area contributed by atoms with Crippen LogP contribution in [0.4, 0.5) is 5.13 Å². The zero-order chi connectivity index (χ0) is 15.2. The number of hydrogen-bond acceptors (Lipinski definition) is 5. The van der Waals surface area contributed by atoms with Gasteiger partial charge in [-0.1, -0.05) is 41.7 Å². The number of carboxylic acids is 1. The van der Waals surface area contributed by atoms with Gasteiger partial charge in [0.1, 0.15) is 0 Å². The summed E-state index contributed by atoms with van der Waals surface area (Å²) in [5.41, 5.74) is 1.92. The van der Waals surface area contributed by atoms with Crippen molar-refractivity contribution in [2.75, 3.05) is 16.8 Å². The Morgan fingerprint density at radius 2 is 2.00 bits per heavy atom. The monoisotopic (exact) mass is 322 g/mol. The molecule has 7 heteroatoms. The first-order valence-electron chi connectivity index (χ1n) is 6.18. The summed E-state index contributed by atoms with van der Waals surface area (Å²) in [6, 6.07) is 9.84. The van der Waals surface area contributed by atoms with Crippen molar-refractivity contribution in [3.8, 4) is 10.4 Å². The lowest BCUT2D eigenvalue weighted by Crippen LogP contribution is -2.15. The second kappa shape index (κ2) is 7.24. The van der Waals surface area contributed by atoms with Crippen LogP contribution in [-0.2, 0) is 9.59 Å². The van der Waals surface area contributed by atoms with Crippen molar-refractivity contribution in [3.05, 3.63) is 36.0 Å². The molecule has 0 fully saturated rings. The van der Waals surface area contributed by atoms with Crippen LogP contribution in [0.2, 0.25) is 0 Å². The standard InChI is InChI=1S/C14H14N2O3S2/c1-9-13(10-5-3-2-4-6-10)21-14(15-9)16-11(17)7-20-8-12(18)19/h2-6H,7-8H2,1H3,(H,18,19)(H,15,16,17). The van der Waals surface area contributed by atoms with Crippen LogP contribution < -0.4 is 5.32 Å². The first kappa shape index (κ1) is 15.5. The molecule has 2 N–H and O–H groups in total. The van der Waals surface area contributed by atoms with E-state index < -0.39 is 5.97 Å². The number of thiazole rings is 1. The quantitative estimate of drug-likeness (QED) is 0.855. The number of carbonyl (C=O) groups excluding carboxylic acids is 1. The van der Waals surface area contributed by atoms with Crippen LogP contribution in [0, 0.1) is 6.92 Å². The van der Waals surface area contributed by atoms with E-state index in [2.05, 4.69) is 10.3 Å². The smallest absolute Gasteiger partial charge is 0.313 e. The number of nitrogens with one attached hydrogen (secondary N) is 1. The lowest BCUT2D eigenvalue weighted by Gasteiger charge is -1.99. The minimum Gasteiger partial charge on any atom is -0.481 e. The Bertz CT molecular complexity index is 641. The minimum atomic E-state index is -0.927. The van der Waals surface area contributed by atoms with Gasteiger partial charge in [-0.2, -0.15) is 0 Å². The Labute approximate surface area is 130 Å². The van der Waals surface area contributed by atoms with Crippen LogP contribution in [0.5, 0.6) is 0 Å². The van der Waals surface area contributed by atoms with Crippen molar-refractivity contribution in [1.82, 2.24) is 4.98 Å². The van der Waals surface area contributed by atoms with Crippen LogP contribution in [-0.4, -0.2) is 33.5 Å². The van der Waals surface area contributed by atoms with E-state index in [1.54, 1.807) is 0 Å². The summed E-state index contributed by atoms with van der Waals surface area (Å²) >= 11 is 2.47. The Hall–Kier alpha value is -1.86. The van der Waals surface area contributed by atoms with Crippen LogP contribution in [0.1, 0.15) is 5.69 Å². The molecule has 0 atom stereocenters. The van der Waals surface area contributed by atoms with Crippen molar-refractivity contribution >= 4 is 40.1 Å². The maximum atomic E-state index is 11.7. The number of aliphatic carboxylic acids is 1. The Morgan fingerprint density at radius 1 is 1.29 bits per heavy atom. The van der Waals surface area contributed by atoms with Gasteiger partial charge in [0.25, 0.3) is 0 Å². The third-order valence-corrected chi connectivity index (χ3v) is 4.58. The molecule has 0 aliphatic rings. The van der Waals surface area contributed by atoms with Gasteiger partial charge in [-0.25, -0.2) is 4.98 Å². The number of aromatic nitrogens is 1. The number of anilines is 1. The van der Waals surface area contributed by atoms with E-state index in [-0.39, 0.29) is 17.4 Å². The van der Waals surface area contributed by atoms with E-state index >= 15 is 0 Å². The van der Waals surface area contributed by atoms with Crippen molar-refractivity contribution in [2.24, 2.45) is 0 Å². The molecule has 2 aromatic rings. The van der Waals surface area contributed by atoms with E-state index in [9.17, 15) is 9.59 Å². The average molecular weight is 322 g/mol. The van der Waals surface area contributed by atoms with E-state index in [0.29, 0.717) is 5.13 Å². The highest BCUT2D eigenvalue weighted by molar-refractivity contribution is 8.00. The molecular weight excluding hydrogens is 308 g/mol. The number of carboxylic acid groups (broad SMARTS) is 1. The number of carbonyl (C=O) groups is 2. The summed E-state index contributed by atoms with van der Waals surface area (Å²) in [6.45, 7) is 1.90. The Kier molecular flexibility index (Phi) is 5.35. The molecule has 1 aromatic carbocycles. The van der Waals surface area contributed by atoms with Crippen molar-refractivity contribution in [2.45, 2.75) is 6.92 Å². The van der Waals surface area contributed by atoms with Gasteiger partial charge in [0.2, 0.25) is 5.91 Å². The normalized spacial score (nSPS) is 10.3. The molecule has 110 valence electrons. The predicted octanol–water partition coefficient (Wildman–Crippen LogP) is 2.87. The third kappa shape index (κ3) is 4.57. The van der Waals surface area contributed by atoms with E-state index in [1.807, 2.05) is 37.3 Å². The first-order valence-corrected chi connectivity index (χ1v) is 8.15. The molecule has 21 heavy (non-hydrogen) atoms. The summed E-state index contributed by atoms with van der Waals surface area (Å²) in [7, 11) is 0. The average Bonchev–Trinajstić information content (AvgIpc) is 2.80. The van der Waals surface area contributed by atoms with Gasteiger partial charge in [0.05, 0.1) is 22.1 Å². The lowest BCUT2D eigenvalue weighted by atomic mass is 10.2. The number of aryl methyl sites for hydroxylation is 1. The zero-order valence-electron chi connectivity index (χ0n) is 11.3. The molecule has 1 heterocycles. The number of benzene rings is 1. The highest BCUT2D eigenvalue weighted by atomic mass is 32.2.